The number of carbonyl (C=O) groups excluding carboxylic acids is 3. The van der Waals surface area contributed by atoms with Crippen LogP contribution in [0.2, 0.25) is 0 Å². The Labute approximate surface area is 479 Å². The fourth-order valence-corrected chi connectivity index (χ4v) is 8.88. The highest BCUT2D eigenvalue weighted by Crippen LogP contribution is 2.26. The highest BCUT2D eigenvalue weighted by Gasteiger charge is 2.50. The molecule has 450 valence electrons. The van der Waals surface area contributed by atoms with Gasteiger partial charge in [-0.1, -0.05) is 227 Å². The number of hydrogen-bond donors (Lipinski definition) is 3. The van der Waals surface area contributed by atoms with Crippen LogP contribution >= 0.6 is 0 Å². The van der Waals surface area contributed by atoms with Crippen molar-refractivity contribution in [2.45, 2.75) is 289 Å². The van der Waals surface area contributed by atoms with E-state index in [4.69, 9.17) is 23.7 Å². The molecule has 1 aliphatic heterocycles. The summed E-state index contributed by atoms with van der Waals surface area (Å²) >= 11 is 0. The second kappa shape index (κ2) is 54.2. The van der Waals surface area contributed by atoms with Crippen LogP contribution in [0.5, 0.6) is 0 Å². The molecule has 3 N–H and O–H groups in total. The van der Waals surface area contributed by atoms with Crippen molar-refractivity contribution in [2.75, 3.05) is 13.2 Å². The molecule has 6 atom stereocenters. The van der Waals surface area contributed by atoms with E-state index < -0.39 is 67.3 Å². The molecule has 1 heterocycles. The molecule has 0 saturated carbocycles. The first kappa shape index (κ1) is 72.7. The maximum absolute atomic E-state index is 13.2. The molecule has 79 heavy (non-hydrogen) atoms. The molecule has 12 nitrogen and oxygen atoms in total. The van der Waals surface area contributed by atoms with Crippen LogP contribution in [-0.2, 0) is 42.9 Å². The third kappa shape index (κ3) is 44.0. The number of aliphatic hydroxyl groups excluding tert-OH is 2. The van der Waals surface area contributed by atoms with Crippen LogP contribution in [0.15, 0.2) is 97.2 Å². The summed E-state index contributed by atoms with van der Waals surface area (Å²) in [5.41, 5.74) is 0. The molecule has 1 saturated heterocycles. The summed E-state index contributed by atoms with van der Waals surface area (Å²) in [4.78, 5) is 51.2. The summed E-state index contributed by atoms with van der Waals surface area (Å²) in [6.07, 6.45) is 59.7. The van der Waals surface area contributed by atoms with Crippen LogP contribution in [0.25, 0.3) is 0 Å². The molecule has 0 aromatic heterocycles. The molecular formula is C67H110O12. The molecule has 1 rings (SSSR count). The lowest BCUT2D eigenvalue weighted by Crippen LogP contribution is -2.61. The van der Waals surface area contributed by atoms with E-state index in [9.17, 15) is 34.5 Å². The molecule has 0 bridgehead atoms. The Kier molecular flexibility index (Phi) is 49.9. The summed E-state index contributed by atoms with van der Waals surface area (Å²) in [6.45, 7) is 5.81. The highest BCUT2D eigenvalue weighted by molar-refractivity contribution is 5.74. The van der Waals surface area contributed by atoms with Gasteiger partial charge in [0.25, 0.3) is 0 Å². The van der Waals surface area contributed by atoms with E-state index in [0.717, 1.165) is 96.3 Å². The Morgan fingerprint density at radius 1 is 0.443 bits per heavy atom. The van der Waals surface area contributed by atoms with Crippen LogP contribution in [0.1, 0.15) is 252 Å². The zero-order valence-electron chi connectivity index (χ0n) is 49.6. The summed E-state index contributed by atoms with van der Waals surface area (Å²) in [5.74, 6) is -3.30. The molecule has 12 heteroatoms. The number of carboxylic acids is 1. The van der Waals surface area contributed by atoms with Crippen molar-refractivity contribution in [2.24, 2.45) is 0 Å². The van der Waals surface area contributed by atoms with Crippen LogP contribution in [0, 0.1) is 0 Å². The number of carbonyl (C=O) groups is 4. The normalized spacial score (nSPS) is 18.5. The molecule has 0 amide bonds. The molecule has 0 radical (unpaired) electrons. The van der Waals surface area contributed by atoms with E-state index in [2.05, 4.69) is 93.7 Å². The Morgan fingerprint density at radius 2 is 0.835 bits per heavy atom. The highest BCUT2D eigenvalue weighted by atomic mass is 16.7. The molecule has 1 aliphatic rings. The maximum Gasteiger partial charge on any atom is 0.335 e. The van der Waals surface area contributed by atoms with Gasteiger partial charge in [-0.15, -0.1) is 0 Å². The van der Waals surface area contributed by atoms with Crippen LogP contribution in [0.4, 0.5) is 0 Å². The lowest BCUT2D eigenvalue weighted by atomic mass is 9.98. The smallest absolute Gasteiger partial charge is 0.335 e. The van der Waals surface area contributed by atoms with Gasteiger partial charge in [0.2, 0.25) is 0 Å². The fourth-order valence-electron chi connectivity index (χ4n) is 8.88. The van der Waals surface area contributed by atoms with E-state index in [1.54, 1.807) is 12.2 Å². The number of ether oxygens (including phenoxy) is 5. The molecule has 0 aromatic carbocycles. The predicted molar refractivity (Wildman–Crippen MR) is 321 cm³/mol. The number of hydrogen-bond acceptors (Lipinski definition) is 11. The third-order valence-corrected chi connectivity index (χ3v) is 13.6. The average molecular weight is 1110 g/mol. The van der Waals surface area contributed by atoms with Gasteiger partial charge in [0.15, 0.2) is 24.6 Å². The van der Waals surface area contributed by atoms with Crippen molar-refractivity contribution in [1.82, 2.24) is 0 Å². The van der Waals surface area contributed by atoms with Gasteiger partial charge in [0, 0.05) is 12.8 Å². The van der Waals surface area contributed by atoms with Gasteiger partial charge in [-0.3, -0.25) is 14.4 Å². The zero-order valence-corrected chi connectivity index (χ0v) is 49.6. The van der Waals surface area contributed by atoms with E-state index in [-0.39, 0.29) is 25.9 Å². The average Bonchev–Trinajstić information content (AvgIpc) is 3.44. The minimum absolute atomic E-state index is 0.138. The van der Waals surface area contributed by atoms with Crippen LogP contribution in [-0.4, -0.2) is 89.2 Å². The first-order valence-corrected chi connectivity index (χ1v) is 31.2. The Balaban J connectivity index is 2.72. The number of aliphatic hydroxyl groups is 2. The van der Waals surface area contributed by atoms with Crippen molar-refractivity contribution in [3.8, 4) is 0 Å². The largest absolute Gasteiger partial charge is 0.479 e. The molecule has 1 fully saturated rings. The fraction of sp³-hybridized carbons (Fsp3) is 0.701. The van der Waals surface area contributed by atoms with E-state index >= 15 is 0 Å². The van der Waals surface area contributed by atoms with Crippen LogP contribution in [0.3, 0.4) is 0 Å². The van der Waals surface area contributed by atoms with Crippen molar-refractivity contribution >= 4 is 23.9 Å². The lowest BCUT2D eigenvalue weighted by Gasteiger charge is -2.40. The topological polar surface area (TPSA) is 175 Å². The van der Waals surface area contributed by atoms with Gasteiger partial charge in [-0.25, -0.2) is 4.79 Å². The number of aliphatic carboxylic acids is 1. The number of unbranched alkanes of at least 4 members (excludes halogenated alkanes) is 23. The molecule has 0 spiro atoms. The molecular weight excluding hydrogens is 997 g/mol. The number of carboxylic acid groups (broad SMARTS) is 1. The monoisotopic (exact) mass is 1110 g/mol. The van der Waals surface area contributed by atoms with Gasteiger partial charge in [-0.2, -0.15) is 0 Å². The van der Waals surface area contributed by atoms with E-state index in [1.165, 1.54) is 96.3 Å². The van der Waals surface area contributed by atoms with Crippen molar-refractivity contribution in [3.63, 3.8) is 0 Å². The summed E-state index contributed by atoms with van der Waals surface area (Å²) < 4.78 is 28.3. The number of esters is 3. The standard InChI is InChI=1S/C67H110O12/c1-4-7-10-13-16-19-22-25-28-29-30-31-34-35-38-41-44-47-50-53-59(68)75-56-58(77-60(69)54-51-48-45-42-39-36-32-26-23-20-17-14-11-8-5-2)57-76-67-65(63(72)62(71)64(79-67)66(73)74)78-61(70)55-52-49-46-43-40-37-33-27-24-21-18-15-12-9-6-3/h9,12,16,18-19,21,25-28,32-33,40,43,49,52,58,62-65,67,71-72H,4-8,10-11,13-15,17,20,22-24,29-31,34-39,41-42,44-48,50-51,53-57H2,1-3H3,(H,73,74)/b12-9-,19-16-,21-18-,28-25-,32-26-,33-27-,43-40-,52-49-. The predicted octanol–water partition coefficient (Wildman–Crippen LogP) is 16.5. The van der Waals surface area contributed by atoms with Gasteiger partial charge in [0.1, 0.15) is 18.8 Å². The third-order valence-electron chi connectivity index (χ3n) is 13.6. The Bertz CT molecular complexity index is 1740. The summed E-state index contributed by atoms with van der Waals surface area (Å²) in [7, 11) is 0. The van der Waals surface area contributed by atoms with Gasteiger partial charge in [-0.05, 0) is 103 Å². The quantitative estimate of drug-likeness (QED) is 0.0228. The first-order chi connectivity index (χ1) is 38.6. The van der Waals surface area contributed by atoms with Crippen molar-refractivity contribution in [3.05, 3.63) is 97.2 Å². The Hall–Kier alpha value is -4.36. The van der Waals surface area contributed by atoms with Gasteiger partial charge in [0.05, 0.1) is 13.0 Å². The Morgan fingerprint density at radius 3 is 1.32 bits per heavy atom. The first-order valence-electron chi connectivity index (χ1n) is 31.2. The van der Waals surface area contributed by atoms with Crippen molar-refractivity contribution in [1.29, 1.82) is 0 Å². The SMILES string of the molecule is CC/C=C\C/C=C\C/C=C\C/C=C\C/C=C\CC(=O)OC1C(OCC(COC(=O)CCCCCCCCCCC/C=C\C/C=C\CCCCC)OC(=O)CCCCCCC/C=C\CCCCCCCC)OC(C(=O)O)C(O)C1O. The van der Waals surface area contributed by atoms with Gasteiger partial charge < -0.3 is 39.0 Å². The lowest BCUT2D eigenvalue weighted by molar-refractivity contribution is -0.301. The number of rotatable bonds is 52. The second-order valence-electron chi connectivity index (χ2n) is 21.0. The van der Waals surface area contributed by atoms with E-state index in [1.807, 2.05) is 12.2 Å². The van der Waals surface area contributed by atoms with E-state index in [0.29, 0.717) is 19.3 Å². The summed E-state index contributed by atoms with van der Waals surface area (Å²) in [6, 6.07) is 0. The zero-order chi connectivity index (χ0) is 57.5. The maximum atomic E-state index is 13.2. The van der Waals surface area contributed by atoms with Gasteiger partial charge >= 0.3 is 23.9 Å². The molecule has 6 unspecified atom stereocenters. The van der Waals surface area contributed by atoms with Crippen LogP contribution < -0.4 is 0 Å². The molecule has 0 aliphatic carbocycles. The second-order valence-corrected chi connectivity index (χ2v) is 21.0. The number of allylic oxidation sites excluding steroid dienone is 15. The summed E-state index contributed by atoms with van der Waals surface area (Å²) in [5, 5.41) is 31.5. The van der Waals surface area contributed by atoms with Crippen molar-refractivity contribution < 1.29 is 58.2 Å². The molecule has 0 aromatic rings. The minimum Gasteiger partial charge on any atom is -0.479 e. The minimum atomic E-state index is -1.94.